The molecule has 4 fully saturated rings. The number of halogens is 3. The van der Waals surface area contributed by atoms with Crippen LogP contribution in [0.4, 0.5) is 23.8 Å². The highest BCUT2D eigenvalue weighted by molar-refractivity contribution is 6.02. The predicted octanol–water partition coefficient (Wildman–Crippen LogP) is 7.83. The molecule has 4 atom stereocenters. The first kappa shape index (κ1) is 33.0. The highest BCUT2D eigenvalue weighted by atomic mass is 19.1. The Hall–Kier alpha value is -4.12. The standard InChI is InChI=1S/C39H44F3N5O3/c1-5-23-9-6-10-24-11-7-12-28(31(23)24)32-30(41)17-29-34(33(32)42)43-36(49-22-39-15-8-16-46(39)19-25(40)18-39)44-35(29)45-20-26-13-14-27(21-45)47(26)37(48)50-38(2,3)4/h6-7,9-12,17,25-27H,5,8,13-16,18-22H2,1-4H3/t25-,26?,27?,39+/m1/s1. The molecule has 0 aliphatic carbocycles. The number of carbonyl (C=O) groups excluding carboxylic acids is 1. The molecular formula is C39H44F3N5O3. The van der Waals surface area contributed by atoms with Gasteiger partial charge < -0.3 is 14.4 Å². The van der Waals surface area contributed by atoms with E-state index in [1.54, 1.807) is 6.07 Å². The summed E-state index contributed by atoms with van der Waals surface area (Å²) in [6.45, 7) is 9.75. The Balaban J connectivity index is 1.23. The predicted molar refractivity (Wildman–Crippen MR) is 187 cm³/mol. The lowest BCUT2D eigenvalue weighted by Gasteiger charge is -2.42. The van der Waals surface area contributed by atoms with Crippen molar-refractivity contribution >= 4 is 33.6 Å². The van der Waals surface area contributed by atoms with Crippen LogP contribution < -0.4 is 9.64 Å². The highest BCUT2D eigenvalue weighted by Gasteiger charge is 2.50. The Bertz CT molecular complexity index is 1970. The van der Waals surface area contributed by atoms with Crippen LogP contribution in [0, 0.1) is 11.6 Å². The van der Waals surface area contributed by atoms with Crippen LogP contribution in [-0.2, 0) is 11.2 Å². The van der Waals surface area contributed by atoms with Crippen molar-refractivity contribution in [2.75, 3.05) is 37.7 Å². The maximum atomic E-state index is 17.1. The maximum Gasteiger partial charge on any atom is 0.410 e. The van der Waals surface area contributed by atoms with Gasteiger partial charge in [-0.1, -0.05) is 43.3 Å². The minimum Gasteiger partial charge on any atom is -0.461 e. The van der Waals surface area contributed by atoms with E-state index in [-0.39, 0.29) is 47.3 Å². The molecule has 4 aliphatic heterocycles. The zero-order valence-electron chi connectivity index (χ0n) is 29.1. The molecule has 5 heterocycles. The van der Waals surface area contributed by atoms with Crippen molar-refractivity contribution in [3.63, 3.8) is 0 Å². The van der Waals surface area contributed by atoms with Gasteiger partial charge in [0.15, 0.2) is 5.82 Å². The third kappa shape index (κ3) is 5.61. The van der Waals surface area contributed by atoms with Gasteiger partial charge in [-0.3, -0.25) is 9.80 Å². The van der Waals surface area contributed by atoms with E-state index in [2.05, 4.69) is 9.88 Å². The van der Waals surface area contributed by atoms with Crippen molar-refractivity contribution in [2.24, 2.45) is 0 Å². The third-order valence-corrected chi connectivity index (χ3v) is 11.1. The summed E-state index contributed by atoms with van der Waals surface area (Å²) in [5.41, 5.74) is 0.181. The summed E-state index contributed by atoms with van der Waals surface area (Å²) in [4.78, 5) is 28.6. The Labute approximate surface area is 290 Å². The summed E-state index contributed by atoms with van der Waals surface area (Å²) >= 11 is 0. The lowest BCUT2D eigenvalue weighted by Crippen LogP contribution is -2.57. The molecule has 0 saturated carbocycles. The summed E-state index contributed by atoms with van der Waals surface area (Å²) in [6.07, 6.45) is 3.10. The normalized spacial score (nSPS) is 25.1. The first-order chi connectivity index (χ1) is 23.9. The van der Waals surface area contributed by atoms with Gasteiger partial charge in [0.05, 0.1) is 23.2 Å². The quantitative estimate of drug-likeness (QED) is 0.205. The van der Waals surface area contributed by atoms with E-state index in [1.165, 1.54) is 6.07 Å². The van der Waals surface area contributed by atoms with Gasteiger partial charge in [0.1, 0.15) is 35.5 Å². The summed E-state index contributed by atoms with van der Waals surface area (Å²) in [6, 6.07) is 12.4. The van der Waals surface area contributed by atoms with Gasteiger partial charge in [-0.25, -0.2) is 18.0 Å². The van der Waals surface area contributed by atoms with Gasteiger partial charge in [0, 0.05) is 31.4 Å². The largest absolute Gasteiger partial charge is 0.461 e. The van der Waals surface area contributed by atoms with E-state index in [9.17, 15) is 9.18 Å². The minimum atomic E-state index is -0.930. The van der Waals surface area contributed by atoms with Crippen molar-refractivity contribution in [3.05, 3.63) is 59.7 Å². The molecule has 50 heavy (non-hydrogen) atoms. The first-order valence-electron chi connectivity index (χ1n) is 17.9. The molecule has 4 aromatic rings. The van der Waals surface area contributed by atoms with E-state index in [0.29, 0.717) is 43.9 Å². The molecule has 0 spiro atoms. The van der Waals surface area contributed by atoms with Crippen LogP contribution >= 0.6 is 0 Å². The topological polar surface area (TPSA) is 71.0 Å². The van der Waals surface area contributed by atoms with Crippen LogP contribution in [0.3, 0.4) is 0 Å². The van der Waals surface area contributed by atoms with Gasteiger partial charge in [0.2, 0.25) is 0 Å². The molecule has 1 amide bonds. The number of nitrogens with zero attached hydrogens (tertiary/aromatic N) is 5. The summed E-state index contributed by atoms with van der Waals surface area (Å²) in [5.74, 6) is -1.13. The van der Waals surface area contributed by atoms with Crippen molar-refractivity contribution in [1.82, 2.24) is 19.8 Å². The molecule has 8 nitrogen and oxygen atoms in total. The number of hydrogen-bond donors (Lipinski definition) is 0. The molecule has 4 aliphatic rings. The number of benzene rings is 3. The van der Waals surface area contributed by atoms with Crippen molar-refractivity contribution in [3.8, 4) is 17.1 Å². The van der Waals surface area contributed by atoms with E-state index in [0.717, 1.165) is 48.6 Å². The Morgan fingerprint density at radius 1 is 1.04 bits per heavy atom. The molecule has 2 bridgehead atoms. The van der Waals surface area contributed by atoms with Gasteiger partial charge in [-0.15, -0.1) is 0 Å². The smallest absolute Gasteiger partial charge is 0.410 e. The SMILES string of the molecule is CCc1cccc2cccc(-c3c(F)cc4c(N5CC6CCC(C5)N6C(=O)OC(C)(C)C)nc(OC[C@@]56CCCN5C[C@H](F)C6)nc4c3F)c12. The number of carbonyl (C=O) groups is 1. The number of aryl methyl sites for hydroxylation is 1. The van der Waals surface area contributed by atoms with E-state index >= 15 is 8.78 Å². The molecule has 4 saturated heterocycles. The van der Waals surface area contributed by atoms with E-state index in [4.69, 9.17) is 14.5 Å². The Morgan fingerprint density at radius 3 is 2.50 bits per heavy atom. The second-order valence-electron chi connectivity index (χ2n) is 15.5. The van der Waals surface area contributed by atoms with Crippen LogP contribution in [0.15, 0.2) is 42.5 Å². The number of amides is 1. The van der Waals surface area contributed by atoms with Crippen molar-refractivity contribution in [1.29, 1.82) is 0 Å². The fourth-order valence-electron chi connectivity index (χ4n) is 8.97. The average molecular weight is 688 g/mol. The Kier molecular flexibility index (Phi) is 8.12. The van der Waals surface area contributed by atoms with Crippen LogP contribution in [0.1, 0.15) is 65.4 Å². The summed E-state index contributed by atoms with van der Waals surface area (Å²) in [5, 5.41) is 1.94. The monoisotopic (exact) mass is 687 g/mol. The van der Waals surface area contributed by atoms with Crippen molar-refractivity contribution < 1.29 is 27.4 Å². The Morgan fingerprint density at radius 2 is 1.78 bits per heavy atom. The fourth-order valence-corrected chi connectivity index (χ4v) is 8.97. The molecule has 2 unspecified atom stereocenters. The maximum absolute atomic E-state index is 17.1. The van der Waals surface area contributed by atoms with Gasteiger partial charge >= 0.3 is 12.1 Å². The minimum absolute atomic E-state index is 0.0263. The fraction of sp³-hybridized carbons (Fsp3) is 0.513. The van der Waals surface area contributed by atoms with Crippen LogP contribution in [0.5, 0.6) is 6.01 Å². The second kappa shape index (κ2) is 12.3. The molecule has 264 valence electrons. The zero-order valence-corrected chi connectivity index (χ0v) is 29.1. The molecule has 1 aromatic heterocycles. The van der Waals surface area contributed by atoms with Crippen molar-refractivity contribution in [2.45, 2.75) is 95.6 Å². The third-order valence-electron chi connectivity index (χ3n) is 11.1. The van der Waals surface area contributed by atoms with E-state index in [1.807, 2.05) is 67.8 Å². The number of anilines is 1. The zero-order chi connectivity index (χ0) is 34.9. The number of rotatable bonds is 6. The number of aromatic nitrogens is 2. The number of piperazine rings is 1. The van der Waals surface area contributed by atoms with Crippen LogP contribution in [-0.4, -0.2) is 88.0 Å². The number of ether oxygens (including phenoxy) is 2. The molecule has 8 rings (SSSR count). The second-order valence-corrected chi connectivity index (χ2v) is 15.5. The van der Waals surface area contributed by atoms with Gasteiger partial charge in [0.25, 0.3) is 0 Å². The van der Waals surface area contributed by atoms with Gasteiger partial charge in [-0.2, -0.15) is 9.97 Å². The first-order valence-corrected chi connectivity index (χ1v) is 17.9. The number of fused-ring (bicyclic) bond motifs is 5. The lowest BCUT2D eigenvalue weighted by atomic mass is 9.92. The van der Waals surface area contributed by atoms with Gasteiger partial charge in [-0.05, 0) is 87.4 Å². The molecule has 3 aromatic carbocycles. The average Bonchev–Trinajstić information content (AvgIpc) is 3.69. The number of alkyl halides is 1. The number of hydrogen-bond acceptors (Lipinski definition) is 7. The van der Waals surface area contributed by atoms with Crippen LogP contribution in [0.25, 0.3) is 32.8 Å². The van der Waals surface area contributed by atoms with E-state index < -0.39 is 28.9 Å². The highest BCUT2D eigenvalue weighted by Crippen LogP contribution is 2.43. The molecule has 0 radical (unpaired) electrons. The molecule has 0 N–H and O–H groups in total. The summed E-state index contributed by atoms with van der Waals surface area (Å²) in [7, 11) is 0. The molecular weight excluding hydrogens is 643 g/mol. The molecule has 11 heteroatoms. The summed E-state index contributed by atoms with van der Waals surface area (Å²) < 4.78 is 60.2. The lowest BCUT2D eigenvalue weighted by molar-refractivity contribution is 0.0122. The van der Waals surface area contributed by atoms with Crippen LogP contribution in [0.2, 0.25) is 0 Å².